The van der Waals surface area contributed by atoms with Gasteiger partial charge >= 0.3 is 0 Å². The first-order valence-electron chi connectivity index (χ1n) is 10.6. The average Bonchev–Trinajstić information content (AvgIpc) is 2.72. The SMILES string of the molecule is C=C(C)c1ccc(C(=O)NC2C(C)(C)C(Oc3ccc(C#N)c(C)c3C)C2(C)C)cc1. The summed E-state index contributed by atoms with van der Waals surface area (Å²) in [7, 11) is 0. The molecule has 4 heteroatoms. The molecule has 0 aliphatic heterocycles. The molecule has 0 bridgehead atoms. The van der Waals surface area contributed by atoms with E-state index in [2.05, 4.69) is 45.7 Å². The van der Waals surface area contributed by atoms with Gasteiger partial charge in [-0.3, -0.25) is 4.79 Å². The average molecular weight is 417 g/mol. The number of nitrogens with one attached hydrogen (secondary N) is 1. The van der Waals surface area contributed by atoms with Crippen LogP contribution < -0.4 is 10.1 Å². The van der Waals surface area contributed by atoms with E-state index >= 15 is 0 Å². The Morgan fingerprint density at radius 3 is 2.06 bits per heavy atom. The number of carbonyl (C=O) groups is 1. The lowest BCUT2D eigenvalue weighted by Gasteiger charge is -2.63. The van der Waals surface area contributed by atoms with E-state index in [0.29, 0.717) is 11.1 Å². The third kappa shape index (κ3) is 3.85. The van der Waals surface area contributed by atoms with Crippen LogP contribution >= 0.6 is 0 Å². The van der Waals surface area contributed by atoms with Crippen molar-refractivity contribution in [1.82, 2.24) is 5.32 Å². The van der Waals surface area contributed by atoms with Crippen molar-refractivity contribution >= 4 is 11.5 Å². The lowest BCUT2D eigenvalue weighted by Crippen LogP contribution is -2.74. The molecule has 1 aliphatic carbocycles. The molecule has 1 N–H and O–H groups in total. The molecule has 2 aromatic rings. The summed E-state index contributed by atoms with van der Waals surface area (Å²) in [5.74, 6) is 0.714. The molecule has 162 valence electrons. The summed E-state index contributed by atoms with van der Waals surface area (Å²) < 4.78 is 6.48. The van der Waals surface area contributed by atoms with Gasteiger partial charge in [0.1, 0.15) is 11.9 Å². The van der Waals surface area contributed by atoms with E-state index in [1.807, 2.05) is 57.2 Å². The zero-order valence-corrected chi connectivity index (χ0v) is 19.6. The highest BCUT2D eigenvalue weighted by molar-refractivity contribution is 5.95. The molecule has 31 heavy (non-hydrogen) atoms. The lowest BCUT2D eigenvalue weighted by atomic mass is 9.49. The summed E-state index contributed by atoms with van der Waals surface area (Å²) >= 11 is 0. The van der Waals surface area contributed by atoms with Crippen LogP contribution in [0.15, 0.2) is 43.0 Å². The minimum Gasteiger partial charge on any atom is -0.489 e. The molecule has 1 aliphatic rings. The largest absolute Gasteiger partial charge is 0.489 e. The van der Waals surface area contributed by atoms with Crippen LogP contribution in [0.25, 0.3) is 5.57 Å². The van der Waals surface area contributed by atoms with Crippen molar-refractivity contribution in [2.75, 3.05) is 0 Å². The second-order valence-electron chi connectivity index (χ2n) is 9.88. The Labute approximate surface area is 185 Å². The van der Waals surface area contributed by atoms with Crippen molar-refractivity contribution in [2.24, 2.45) is 10.8 Å². The third-order valence-corrected chi connectivity index (χ3v) is 6.86. The van der Waals surface area contributed by atoms with Gasteiger partial charge in [-0.05, 0) is 61.7 Å². The second-order valence-corrected chi connectivity index (χ2v) is 9.88. The summed E-state index contributed by atoms with van der Waals surface area (Å²) in [6.45, 7) is 18.3. The minimum atomic E-state index is -0.259. The van der Waals surface area contributed by atoms with Crippen LogP contribution in [0.2, 0.25) is 0 Å². The number of nitrogens with zero attached hydrogens (tertiary/aromatic N) is 1. The minimum absolute atomic E-state index is 0.0434. The monoisotopic (exact) mass is 416 g/mol. The van der Waals surface area contributed by atoms with Gasteiger partial charge in [0.2, 0.25) is 0 Å². The smallest absolute Gasteiger partial charge is 0.251 e. The van der Waals surface area contributed by atoms with Crippen molar-refractivity contribution in [2.45, 2.75) is 60.6 Å². The first-order valence-corrected chi connectivity index (χ1v) is 10.6. The Bertz CT molecular complexity index is 1060. The van der Waals surface area contributed by atoms with Gasteiger partial charge in [0.25, 0.3) is 5.91 Å². The zero-order valence-electron chi connectivity index (χ0n) is 19.6. The summed E-state index contributed by atoms with van der Waals surface area (Å²) in [6, 6.07) is 13.4. The molecule has 0 radical (unpaired) electrons. The van der Waals surface area contributed by atoms with Crippen LogP contribution in [0.3, 0.4) is 0 Å². The number of rotatable bonds is 5. The molecule has 0 saturated heterocycles. The fourth-order valence-electron chi connectivity index (χ4n) is 5.09. The number of hydrogen-bond acceptors (Lipinski definition) is 3. The number of allylic oxidation sites excluding steroid dienone is 1. The van der Waals surface area contributed by atoms with E-state index in [4.69, 9.17) is 4.74 Å². The van der Waals surface area contributed by atoms with Crippen molar-refractivity contribution in [3.05, 3.63) is 70.8 Å². The Balaban J connectivity index is 1.78. The van der Waals surface area contributed by atoms with Gasteiger partial charge in [-0.1, -0.05) is 52.0 Å². The molecule has 3 rings (SSSR count). The van der Waals surface area contributed by atoms with Gasteiger partial charge in [0, 0.05) is 22.4 Å². The van der Waals surface area contributed by atoms with E-state index in [1.54, 1.807) is 0 Å². The highest BCUT2D eigenvalue weighted by Crippen LogP contribution is 2.55. The van der Waals surface area contributed by atoms with Crippen molar-refractivity contribution in [3.8, 4) is 11.8 Å². The van der Waals surface area contributed by atoms with E-state index in [1.165, 1.54) is 0 Å². The quantitative estimate of drug-likeness (QED) is 0.668. The summed E-state index contributed by atoms with van der Waals surface area (Å²) in [5, 5.41) is 12.5. The molecular weight excluding hydrogens is 384 g/mol. The van der Waals surface area contributed by atoms with E-state index in [0.717, 1.165) is 28.0 Å². The predicted molar refractivity (Wildman–Crippen MR) is 125 cm³/mol. The van der Waals surface area contributed by atoms with Crippen LogP contribution in [0.5, 0.6) is 5.75 Å². The van der Waals surface area contributed by atoms with Gasteiger partial charge in [-0.25, -0.2) is 0 Å². The number of benzene rings is 2. The maximum atomic E-state index is 12.9. The van der Waals surface area contributed by atoms with Gasteiger partial charge < -0.3 is 10.1 Å². The molecule has 0 spiro atoms. The van der Waals surface area contributed by atoms with Crippen LogP contribution in [0, 0.1) is 36.0 Å². The third-order valence-electron chi connectivity index (χ3n) is 6.86. The van der Waals surface area contributed by atoms with Crippen molar-refractivity contribution in [3.63, 3.8) is 0 Å². The lowest BCUT2D eigenvalue weighted by molar-refractivity contribution is -0.164. The number of hydrogen-bond donors (Lipinski definition) is 1. The Morgan fingerprint density at radius 1 is 1.00 bits per heavy atom. The van der Waals surface area contributed by atoms with Crippen LogP contribution in [0.1, 0.15) is 67.2 Å². The molecule has 0 aromatic heterocycles. The molecule has 1 amide bonds. The van der Waals surface area contributed by atoms with Gasteiger partial charge in [0.05, 0.1) is 11.6 Å². The molecule has 0 heterocycles. The predicted octanol–water partition coefficient (Wildman–Crippen LogP) is 5.82. The second kappa shape index (κ2) is 7.89. The van der Waals surface area contributed by atoms with Crippen molar-refractivity contribution < 1.29 is 9.53 Å². The fourth-order valence-corrected chi connectivity index (χ4v) is 5.09. The molecule has 0 atom stereocenters. The summed E-state index contributed by atoms with van der Waals surface area (Å²) in [4.78, 5) is 12.9. The standard InChI is InChI=1S/C27H32N2O2/c1-16(2)19-9-11-20(12-10-19)23(30)29-24-26(5,6)25(27(24,7)8)31-22-14-13-21(15-28)17(3)18(22)4/h9-14,24-25H,1H2,2-8H3,(H,29,30). The molecule has 4 nitrogen and oxygen atoms in total. The Morgan fingerprint density at radius 2 is 1.55 bits per heavy atom. The van der Waals surface area contributed by atoms with Crippen LogP contribution in [-0.4, -0.2) is 18.1 Å². The van der Waals surface area contributed by atoms with Gasteiger partial charge in [0.15, 0.2) is 0 Å². The molecule has 2 aromatic carbocycles. The topological polar surface area (TPSA) is 62.1 Å². The summed E-state index contributed by atoms with van der Waals surface area (Å²) in [6.07, 6.45) is -0.0814. The van der Waals surface area contributed by atoms with Crippen molar-refractivity contribution in [1.29, 1.82) is 5.26 Å². The van der Waals surface area contributed by atoms with Crippen LogP contribution in [0.4, 0.5) is 0 Å². The highest BCUT2D eigenvalue weighted by Gasteiger charge is 2.64. The highest BCUT2D eigenvalue weighted by atomic mass is 16.5. The molecular formula is C27H32N2O2. The van der Waals surface area contributed by atoms with Gasteiger partial charge in [-0.15, -0.1) is 0 Å². The first kappa shape index (κ1) is 22.6. The molecule has 1 fully saturated rings. The molecule has 0 unspecified atom stereocenters. The fraction of sp³-hybridized carbons (Fsp3) is 0.407. The van der Waals surface area contributed by atoms with Crippen LogP contribution in [-0.2, 0) is 0 Å². The number of carbonyl (C=O) groups excluding carboxylic acids is 1. The normalized spacial score (nSPS) is 20.8. The maximum absolute atomic E-state index is 12.9. The molecule has 1 saturated carbocycles. The number of ether oxygens (including phenoxy) is 1. The Kier molecular flexibility index (Phi) is 5.76. The van der Waals surface area contributed by atoms with E-state index < -0.39 is 0 Å². The van der Waals surface area contributed by atoms with Gasteiger partial charge in [-0.2, -0.15) is 5.26 Å². The number of amides is 1. The Hall–Kier alpha value is -3.06. The van der Waals surface area contributed by atoms with E-state index in [-0.39, 0.29) is 28.9 Å². The first-order chi connectivity index (χ1) is 14.4. The number of nitriles is 1. The maximum Gasteiger partial charge on any atom is 0.251 e. The summed E-state index contributed by atoms with van der Waals surface area (Å²) in [5.41, 5.74) is 4.72. The zero-order chi connectivity index (χ0) is 23.1. The van der Waals surface area contributed by atoms with E-state index in [9.17, 15) is 10.1 Å².